The zero-order valence-corrected chi connectivity index (χ0v) is 18.6. The van der Waals surface area contributed by atoms with E-state index in [1.807, 2.05) is 24.3 Å². The van der Waals surface area contributed by atoms with Crippen LogP contribution < -0.4 is 28.4 Å². The fourth-order valence-corrected chi connectivity index (χ4v) is 2.89. The summed E-state index contributed by atoms with van der Waals surface area (Å²) in [5.41, 5.74) is 1.69. The van der Waals surface area contributed by atoms with Gasteiger partial charge in [0.05, 0.1) is 48.8 Å². The van der Waals surface area contributed by atoms with E-state index < -0.39 is 5.97 Å². The molecule has 0 fully saturated rings. The monoisotopic (exact) mass is 432 g/mol. The molecule has 31 heavy (non-hydrogen) atoms. The van der Waals surface area contributed by atoms with Crippen LogP contribution in [0.15, 0.2) is 30.3 Å². The quantitative estimate of drug-likeness (QED) is 0.301. The van der Waals surface area contributed by atoms with Crippen LogP contribution in [-0.4, -0.2) is 48.1 Å². The molecule has 0 unspecified atom stereocenters. The van der Waals surface area contributed by atoms with Crippen molar-refractivity contribution < 1.29 is 38.0 Å². The molecule has 2 aromatic carbocycles. The van der Waals surface area contributed by atoms with Crippen LogP contribution in [0, 0.1) is 0 Å². The molecule has 2 rings (SSSR count). The van der Waals surface area contributed by atoms with Gasteiger partial charge in [-0.3, -0.25) is 4.79 Å². The summed E-state index contributed by atoms with van der Waals surface area (Å²) < 4.78 is 37.6. The molecule has 0 atom stereocenters. The van der Waals surface area contributed by atoms with E-state index in [1.165, 1.54) is 21.1 Å². The van der Waals surface area contributed by atoms with Gasteiger partial charge in [-0.15, -0.1) is 0 Å². The van der Waals surface area contributed by atoms with E-state index in [0.717, 1.165) is 11.1 Å². The number of carbonyl (C=O) groups is 1. The second kappa shape index (κ2) is 11.7. The highest BCUT2D eigenvalue weighted by atomic mass is 16.6. The van der Waals surface area contributed by atoms with Crippen molar-refractivity contribution in [2.75, 3.05) is 42.2 Å². The Balaban J connectivity index is 2.06. The Kier molecular flexibility index (Phi) is 9.02. The molecule has 8 heteroatoms. The number of hydrogen-bond acceptors (Lipinski definition) is 8. The standard InChI is InChI=1S/C23H28O8/c1-15(24)31-23-20(27-4)10-16(11-21(23)28-5)8-7-9-30-14-17-12-18(25-2)22(29-6)19(13-17)26-3/h7-8,10-13H,9,14H2,1-6H3/b8-7+. The summed E-state index contributed by atoms with van der Waals surface area (Å²) >= 11 is 0. The largest absolute Gasteiger partial charge is 0.493 e. The van der Waals surface area contributed by atoms with Crippen LogP contribution in [-0.2, 0) is 16.1 Å². The SMILES string of the molecule is COc1cc(COC/C=C/c2cc(OC)c(OC(C)=O)c(OC)c2)cc(OC)c1OC. The molecule has 168 valence electrons. The van der Waals surface area contributed by atoms with Crippen molar-refractivity contribution in [3.05, 3.63) is 41.5 Å². The van der Waals surface area contributed by atoms with E-state index in [9.17, 15) is 4.79 Å². The maximum absolute atomic E-state index is 11.3. The Morgan fingerprint density at radius 2 is 1.29 bits per heavy atom. The third-order valence-corrected chi connectivity index (χ3v) is 4.25. The van der Waals surface area contributed by atoms with Gasteiger partial charge in [-0.05, 0) is 35.4 Å². The first kappa shape index (κ1) is 23.9. The highest BCUT2D eigenvalue weighted by Crippen LogP contribution is 2.39. The lowest BCUT2D eigenvalue weighted by Gasteiger charge is -2.14. The van der Waals surface area contributed by atoms with Crippen LogP contribution in [0.2, 0.25) is 0 Å². The molecule has 2 aromatic rings. The van der Waals surface area contributed by atoms with Crippen molar-refractivity contribution in [2.45, 2.75) is 13.5 Å². The van der Waals surface area contributed by atoms with E-state index in [1.54, 1.807) is 33.5 Å². The molecule has 0 N–H and O–H groups in total. The van der Waals surface area contributed by atoms with E-state index in [0.29, 0.717) is 42.0 Å². The molecule has 0 saturated carbocycles. The molecule has 0 aliphatic heterocycles. The van der Waals surface area contributed by atoms with Gasteiger partial charge < -0.3 is 33.2 Å². The Hall–Kier alpha value is -3.39. The zero-order chi connectivity index (χ0) is 22.8. The number of methoxy groups -OCH3 is 5. The number of benzene rings is 2. The van der Waals surface area contributed by atoms with Crippen LogP contribution in [0.3, 0.4) is 0 Å². The number of rotatable bonds is 11. The molecule has 8 nitrogen and oxygen atoms in total. The molecule has 0 radical (unpaired) electrons. The van der Waals surface area contributed by atoms with Gasteiger partial charge in [0.2, 0.25) is 11.5 Å². The number of ether oxygens (including phenoxy) is 7. The Bertz CT molecular complexity index is 870. The fraction of sp³-hybridized carbons (Fsp3) is 0.348. The molecule has 0 aliphatic rings. The van der Waals surface area contributed by atoms with Gasteiger partial charge in [0.15, 0.2) is 23.0 Å². The lowest BCUT2D eigenvalue weighted by atomic mass is 10.1. The molecule has 0 saturated heterocycles. The van der Waals surface area contributed by atoms with Gasteiger partial charge in [-0.1, -0.05) is 12.2 Å². The van der Waals surface area contributed by atoms with Crippen molar-refractivity contribution in [2.24, 2.45) is 0 Å². The van der Waals surface area contributed by atoms with Crippen molar-refractivity contribution >= 4 is 12.0 Å². The first-order valence-electron chi connectivity index (χ1n) is 9.44. The highest BCUT2D eigenvalue weighted by molar-refractivity contribution is 5.73. The van der Waals surface area contributed by atoms with Crippen LogP contribution >= 0.6 is 0 Å². The van der Waals surface area contributed by atoms with Crippen LogP contribution in [0.1, 0.15) is 18.1 Å². The van der Waals surface area contributed by atoms with E-state index in [4.69, 9.17) is 33.2 Å². The van der Waals surface area contributed by atoms with Gasteiger partial charge in [0, 0.05) is 6.92 Å². The third kappa shape index (κ3) is 6.29. The second-order valence-corrected chi connectivity index (χ2v) is 6.30. The molecule has 0 aliphatic carbocycles. The molecular formula is C23H28O8. The number of esters is 1. The summed E-state index contributed by atoms with van der Waals surface area (Å²) in [7, 11) is 7.69. The number of hydrogen-bond donors (Lipinski definition) is 0. The first-order chi connectivity index (χ1) is 15.0. The smallest absolute Gasteiger partial charge is 0.308 e. The molecule has 0 amide bonds. The van der Waals surface area contributed by atoms with Crippen molar-refractivity contribution in [1.82, 2.24) is 0 Å². The van der Waals surface area contributed by atoms with Crippen LogP contribution in [0.5, 0.6) is 34.5 Å². The minimum absolute atomic E-state index is 0.244. The van der Waals surface area contributed by atoms with Crippen molar-refractivity contribution in [3.63, 3.8) is 0 Å². The predicted octanol–water partition coefficient (Wildman–Crippen LogP) is 3.88. The summed E-state index contributed by atoms with van der Waals surface area (Å²) in [6, 6.07) is 7.18. The average molecular weight is 432 g/mol. The average Bonchev–Trinajstić information content (AvgIpc) is 2.78. The van der Waals surface area contributed by atoms with Gasteiger partial charge in [0.25, 0.3) is 0 Å². The molecule has 0 bridgehead atoms. The van der Waals surface area contributed by atoms with Crippen LogP contribution in [0.4, 0.5) is 0 Å². The van der Waals surface area contributed by atoms with Gasteiger partial charge in [-0.2, -0.15) is 0 Å². The summed E-state index contributed by atoms with van der Waals surface area (Å²) in [6.45, 7) is 2.05. The van der Waals surface area contributed by atoms with Crippen molar-refractivity contribution in [1.29, 1.82) is 0 Å². The predicted molar refractivity (Wildman–Crippen MR) is 116 cm³/mol. The normalized spacial score (nSPS) is 10.6. The third-order valence-electron chi connectivity index (χ3n) is 4.25. The maximum atomic E-state index is 11.3. The topological polar surface area (TPSA) is 81.7 Å². The number of carbonyl (C=O) groups excluding carboxylic acids is 1. The molecule has 0 aromatic heterocycles. The molecule has 0 heterocycles. The highest BCUT2D eigenvalue weighted by Gasteiger charge is 2.15. The van der Waals surface area contributed by atoms with E-state index >= 15 is 0 Å². The molecule has 0 spiro atoms. The summed E-state index contributed by atoms with van der Waals surface area (Å²) in [4.78, 5) is 11.3. The fourth-order valence-electron chi connectivity index (χ4n) is 2.89. The van der Waals surface area contributed by atoms with E-state index in [2.05, 4.69) is 0 Å². The Morgan fingerprint density at radius 3 is 1.74 bits per heavy atom. The lowest BCUT2D eigenvalue weighted by molar-refractivity contribution is -0.132. The van der Waals surface area contributed by atoms with Gasteiger partial charge in [0.1, 0.15) is 0 Å². The maximum Gasteiger partial charge on any atom is 0.308 e. The summed E-state index contributed by atoms with van der Waals surface area (Å²) in [5.74, 6) is 2.26. The second-order valence-electron chi connectivity index (χ2n) is 6.30. The lowest BCUT2D eigenvalue weighted by Crippen LogP contribution is -2.05. The minimum Gasteiger partial charge on any atom is -0.493 e. The minimum atomic E-state index is -0.458. The van der Waals surface area contributed by atoms with Crippen LogP contribution in [0.25, 0.3) is 6.08 Å². The Morgan fingerprint density at radius 1 is 0.774 bits per heavy atom. The van der Waals surface area contributed by atoms with E-state index in [-0.39, 0.29) is 5.75 Å². The van der Waals surface area contributed by atoms with Crippen molar-refractivity contribution in [3.8, 4) is 34.5 Å². The first-order valence-corrected chi connectivity index (χ1v) is 9.44. The summed E-state index contributed by atoms with van der Waals surface area (Å²) in [5, 5.41) is 0. The van der Waals surface area contributed by atoms with Gasteiger partial charge >= 0.3 is 5.97 Å². The van der Waals surface area contributed by atoms with Gasteiger partial charge in [-0.25, -0.2) is 0 Å². The molecular weight excluding hydrogens is 404 g/mol. The Labute approximate surface area is 182 Å². The zero-order valence-electron chi connectivity index (χ0n) is 18.6. The summed E-state index contributed by atoms with van der Waals surface area (Å²) in [6.07, 6.45) is 3.72.